The van der Waals surface area contributed by atoms with Crippen LogP contribution in [0.4, 0.5) is 11.5 Å². The molecule has 2 heterocycles. The average molecular weight is 207 g/mol. The van der Waals surface area contributed by atoms with Crippen LogP contribution in [0, 0.1) is 5.92 Å². The van der Waals surface area contributed by atoms with Crippen LogP contribution in [0.1, 0.15) is 12.8 Å². The molecule has 0 aromatic carbocycles. The molecule has 15 heavy (non-hydrogen) atoms. The van der Waals surface area contributed by atoms with Crippen molar-refractivity contribution in [2.24, 2.45) is 5.92 Å². The lowest BCUT2D eigenvalue weighted by Crippen LogP contribution is -2.24. The number of anilines is 2. The minimum Gasteiger partial charge on any atom is -0.399 e. The van der Waals surface area contributed by atoms with Crippen LogP contribution in [0.25, 0.3) is 0 Å². The van der Waals surface area contributed by atoms with Gasteiger partial charge in [0.1, 0.15) is 5.82 Å². The van der Waals surface area contributed by atoms with Crippen molar-refractivity contribution in [2.75, 3.05) is 30.8 Å². The summed E-state index contributed by atoms with van der Waals surface area (Å²) < 4.78 is 5.41. The highest BCUT2D eigenvalue weighted by molar-refractivity contribution is 5.48. The normalized spacial score (nSPS) is 21.2. The molecule has 0 spiro atoms. The highest BCUT2D eigenvalue weighted by atomic mass is 16.5. The van der Waals surface area contributed by atoms with Crippen LogP contribution in [0.5, 0.6) is 0 Å². The third kappa shape index (κ3) is 3.09. The Kier molecular flexibility index (Phi) is 3.40. The Morgan fingerprint density at radius 3 is 3.27 bits per heavy atom. The molecule has 1 saturated heterocycles. The summed E-state index contributed by atoms with van der Waals surface area (Å²) in [5.41, 5.74) is 6.41. The predicted molar refractivity (Wildman–Crippen MR) is 60.7 cm³/mol. The van der Waals surface area contributed by atoms with Gasteiger partial charge < -0.3 is 15.8 Å². The van der Waals surface area contributed by atoms with Gasteiger partial charge in [0, 0.05) is 31.1 Å². The standard InChI is InChI=1S/C11H17N3O/c12-10-3-4-13-11(6-10)14-7-9-2-1-5-15-8-9/h3-4,6,9H,1-2,5,7-8H2,(H3,12,13,14). The van der Waals surface area contributed by atoms with Crippen molar-refractivity contribution in [1.29, 1.82) is 0 Å². The van der Waals surface area contributed by atoms with Crippen molar-refractivity contribution in [1.82, 2.24) is 4.98 Å². The minimum atomic E-state index is 0.599. The molecule has 4 heteroatoms. The number of hydrogen-bond acceptors (Lipinski definition) is 4. The van der Waals surface area contributed by atoms with Gasteiger partial charge in [-0.3, -0.25) is 0 Å². The smallest absolute Gasteiger partial charge is 0.127 e. The van der Waals surface area contributed by atoms with E-state index in [0.29, 0.717) is 5.92 Å². The van der Waals surface area contributed by atoms with E-state index in [2.05, 4.69) is 10.3 Å². The first-order chi connectivity index (χ1) is 7.34. The molecule has 1 aromatic heterocycles. The Morgan fingerprint density at radius 2 is 2.53 bits per heavy atom. The lowest BCUT2D eigenvalue weighted by atomic mass is 10.0. The van der Waals surface area contributed by atoms with Crippen molar-refractivity contribution in [3.63, 3.8) is 0 Å². The summed E-state index contributed by atoms with van der Waals surface area (Å²) in [7, 11) is 0. The van der Waals surface area contributed by atoms with Crippen LogP contribution in [-0.2, 0) is 4.74 Å². The predicted octanol–water partition coefficient (Wildman–Crippen LogP) is 1.50. The van der Waals surface area contributed by atoms with E-state index in [0.717, 1.165) is 37.7 Å². The summed E-state index contributed by atoms with van der Waals surface area (Å²) >= 11 is 0. The van der Waals surface area contributed by atoms with Gasteiger partial charge in [0.05, 0.1) is 6.61 Å². The number of nitrogens with two attached hydrogens (primary N) is 1. The molecule has 1 fully saturated rings. The molecule has 0 radical (unpaired) electrons. The second-order valence-corrected chi connectivity index (χ2v) is 3.94. The van der Waals surface area contributed by atoms with Crippen LogP contribution < -0.4 is 11.1 Å². The van der Waals surface area contributed by atoms with Crippen molar-refractivity contribution in [3.05, 3.63) is 18.3 Å². The first-order valence-electron chi connectivity index (χ1n) is 5.38. The Balaban J connectivity index is 1.81. The number of pyridine rings is 1. The molecule has 1 unspecified atom stereocenters. The monoisotopic (exact) mass is 207 g/mol. The average Bonchev–Trinajstić information content (AvgIpc) is 2.28. The van der Waals surface area contributed by atoms with Crippen molar-refractivity contribution in [3.8, 4) is 0 Å². The molecule has 3 N–H and O–H groups in total. The highest BCUT2D eigenvalue weighted by Crippen LogP contribution is 2.15. The Bertz CT molecular complexity index is 310. The zero-order valence-corrected chi connectivity index (χ0v) is 8.78. The zero-order valence-electron chi connectivity index (χ0n) is 8.78. The van der Waals surface area contributed by atoms with Gasteiger partial charge in [0.2, 0.25) is 0 Å². The summed E-state index contributed by atoms with van der Waals surface area (Å²) in [6, 6.07) is 3.64. The van der Waals surface area contributed by atoms with E-state index in [-0.39, 0.29) is 0 Å². The van der Waals surface area contributed by atoms with Crippen LogP contribution in [-0.4, -0.2) is 24.7 Å². The van der Waals surface area contributed by atoms with Crippen molar-refractivity contribution < 1.29 is 4.74 Å². The molecule has 4 nitrogen and oxygen atoms in total. The molecule has 1 aliphatic rings. The molecule has 0 aliphatic carbocycles. The first-order valence-corrected chi connectivity index (χ1v) is 5.38. The molecule has 0 saturated carbocycles. The largest absolute Gasteiger partial charge is 0.399 e. The number of rotatable bonds is 3. The van der Waals surface area contributed by atoms with Gasteiger partial charge in [-0.1, -0.05) is 0 Å². The second-order valence-electron chi connectivity index (χ2n) is 3.94. The number of aromatic nitrogens is 1. The van der Waals surface area contributed by atoms with E-state index < -0.39 is 0 Å². The van der Waals surface area contributed by atoms with Crippen molar-refractivity contribution in [2.45, 2.75) is 12.8 Å². The number of ether oxygens (including phenoxy) is 1. The number of nitrogens with zero attached hydrogens (tertiary/aromatic N) is 1. The first kappa shape index (κ1) is 10.2. The van der Waals surface area contributed by atoms with Gasteiger partial charge in [-0.2, -0.15) is 0 Å². The van der Waals surface area contributed by atoms with Gasteiger partial charge in [-0.05, 0) is 24.8 Å². The van der Waals surface area contributed by atoms with Crippen molar-refractivity contribution >= 4 is 11.5 Å². The summed E-state index contributed by atoms with van der Waals surface area (Å²) in [4.78, 5) is 4.19. The number of nitrogens with one attached hydrogen (secondary N) is 1. The Morgan fingerprint density at radius 1 is 1.60 bits per heavy atom. The number of hydrogen-bond donors (Lipinski definition) is 2. The fourth-order valence-corrected chi connectivity index (χ4v) is 1.76. The number of nitrogen functional groups attached to an aromatic ring is 1. The molecular weight excluding hydrogens is 190 g/mol. The maximum absolute atomic E-state index is 5.66. The molecule has 1 atom stereocenters. The zero-order chi connectivity index (χ0) is 10.5. The summed E-state index contributed by atoms with van der Waals surface area (Å²) in [5.74, 6) is 1.45. The topological polar surface area (TPSA) is 60.2 Å². The summed E-state index contributed by atoms with van der Waals surface area (Å²) in [5, 5.41) is 3.28. The fraction of sp³-hybridized carbons (Fsp3) is 0.545. The van der Waals surface area contributed by atoms with Gasteiger partial charge >= 0.3 is 0 Å². The molecular formula is C11H17N3O. The quantitative estimate of drug-likeness (QED) is 0.788. The molecule has 1 aliphatic heterocycles. The van der Waals surface area contributed by atoms with E-state index in [4.69, 9.17) is 10.5 Å². The van der Waals surface area contributed by atoms with Crippen LogP contribution in [0.2, 0.25) is 0 Å². The third-order valence-electron chi connectivity index (χ3n) is 2.61. The van der Waals surface area contributed by atoms with Crippen LogP contribution in [0.15, 0.2) is 18.3 Å². The summed E-state index contributed by atoms with van der Waals surface area (Å²) in [6.45, 7) is 2.68. The molecule has 0 bridgehead atoms. The maximum atomic E-state index is 5.66. The minimum absolute atomic E-state index is 0.599. The van der Waals surface area contributed by atoms with Gasteiger partial charge in [-0.15, -0.1) is 0 Å². The molecule has 0 amide bonds. The Labute approximate surface area is 89.8 Å². The van der Waals surface area contributed by atoms with E-state index in [1.54, 1.807) is 12.3 Å². The summed E-state index contributed by atoms with van der Waals surface area (Å²) in [6.07, 6.45) is 4.11. The molecule has 2 rings (SSSR count). The van der Waals surface area contributed by atoms with E-state index in [1.807, 2.05) is 6.07 Å². The molecule has 82 valence electrons. The highest BCUT2D eigenvalue weighted by Gasteiger charge is 2.13. The SMILES string of the molecule is Nc1ccnc(NCC2CCCOC2)c1. The second kappa shape index (κ2) is 4.98. The van der Waals surface area contributed by atoms with E-state index >= 15 is 0 Å². The fourth-order valence-electron chi connectivity index (χ4n) is 1.76. The van der Waals surface area contributed by atoms with Gasteiger partial charge in [0.25, 0.3) is 0 Å². The third-order valence-corrected chi connectivity index (χ3v) is 2.61. The Hall–Kier alpha value is -1.29. The maximum Gasteiger partial charge on any atom is 0.127 e. The lowest BCUT2D eigenvalue weighted by molar-refractivity contribution is 0.0595. The van der Waals surface area contributed by atoms with Gasteiger partial charge in [0.15, 0.2) is 0 Å². The van der Waals surface area contributed by atoms with Crippen LogP contribution >= 0.6 is 0 Å². The van der Waals surface area contributed by atoms with Gasteiger partial charge in [-0.25, -0.2) is 4.98 Å². The molecule has 1 aromatic rings. The van der Waals surface area contributed by atoms with E-state index in [1.165, 1.54) is 6.42 Å². The van der Waals surface area contributed by atoms with E-state index in [9.17, 15) is 0 Å². The van der Waals surface area contributed by atoms with Crippen LogP contribution in [0.3, 0.4) is 0 Å². The lowest BCUT2D eigenvalue weighted by Gasteiger charge is -2.22.